The van der Waals surface area contributed by atoms with Crippen molar-refractivity contribution in [1.29, 1.82) is 0 Å². The monoisotopic (exact) mass is 344 g/mol. The zero-order chi connectivity index (χ0) is 17.3. The summed E-state index contributed by atoms with van der Waals surface area (Å²) in [6.45, 7) is 7.76. The van der Waals surface area contributed by atoms with E-state index in [-0.39, 0.29) is 5.41 Å². The topological polar surface area (TPSA) is 43.5 Å². The molecule has 0 N–H and O–H groups in total. The normalized spacial score (nSPS) is 31.0. The number of epoxide rings is 2. The summed E-state index contributed by atoms with van der Waals surface area (Å²) < 4.78 is 22.0. The SMILES string of the molecule is CC(C)(C1=CC=C(OCC2CO2)CC1)C1C=CC(OCC2CO2)=CC1. The first-order valence-electron chi connectivity index (χ1n) is 9.38. The molecule has 3 unspecified atom stereocenters. The number of hydrogen-bond donors (Lipinski definition) is 0. The van der Waals surface area contributed by atoms with Crippen LogP contribution in [0, 0.1) is 11.3 Å². The smallest absolute Gasteiger partial charge is 0.117 e. The second-order valence-electron chi connectivity index (χ2n) is 7.89. The van der Waals surface area contributed by atoms with Crippen molar-refractivity contribution in [2.75, 3.05) is 26.4 Å². The predicted molar refractivity (Wildman–Crippen MR) is 95.9 cm³/mol. The Morgan fingerprint density at radius 1 is 1.04 bits per heavy atom. The summed E-state index contributed by atoms with van der Waals surface area (Å²) in [5.74, 6) is 2.57. The molecule has 4 nitrogen and oxygen atoms in total. The molecule has 0 spiro atoms. The van der Waals surface area contributed by atoms with E-state index in [9.17, 15) is 0 Å². The zero-order valence-electron chi connectivity index (χ0n) is 15.2. The lowest BCUT2D eigenvalue weighted by molar-refractivity contribution is 0.172. The van der Waals surface area contributed by atoms with Crippen molar-refractivity contribution in [2.45, 2.75) is 45.3 Å². The Labute approximate surface area is 150 Å². The Kier molecular flexibility index (Phi) is 4.74. The second kappa shape index (κ2) is 7.00. The Bertz CT molecular complexity index is 618. The number of ether oxygens (including phenoxy) is 4. The van der Waals surface area contributed by atoms with Gasteiger partial charge in [0, 0.05) is 6.42 Å². The van der Waals surface area contributed by atoms with Gasteiger partial charge in [-0.25, -0.2) is 0 Å². The maximum atomic E-state index is 5.82. The van der Waals surface area contributed by atoms with E-state index in [2.05, 4.69) is 44.2 Å². The van der Waals surface area contributed by atoms with Gasteiger partial charge in [-0.3, -0.25) is 0 Å². The van der Waals surface area contributed by atoms with Gasteiger partial charge in [0.25, 0.3) is 0 Å². The molecule has 3 atom stereocenters. The van der Waals surface area contributed by atoms with Crippen molar-refractivity contribution < 1.29 is 18.9 Å². The highest BCUT2D eigenvalue weighted by Gasteiger charge is 2.33. The van der Waals surface area contributed by atoms with Crippen LogP contribution in [0.5, 0.6) is 0 Å². The molecule has 4 heteroatoms. The minimum Gasteiger partial charge on any atom is -0.495 e. The highest BCUT2D eigenvalue weighted by atomic mass is 16.6. The van der Waals surface area contributed by atoms with Crippen LogP contribution in [0.2, 0.25) is 0 Å². The molecule has 136 valence electrons. The van der Waals surface area contributed by atoms with Crippen LogP contribution in [-0.2, 0) is 18.9 Å². The third-order valence-electron chi connectivity index (χ3n) is 5.63. The van der Waals surface area contributed by atoms with Gasteiger partial charge in [-0.2, -0.15) is 0 Å². The van der Waals surface area contributed by atoms with Gasteiger partial charge in [0.1, 0.15) is 31.2 Å². The molecular weight excluding hydrogens is 316 g/mol. The van der Waals surface area contributed by atoms with E-state index in [4.69, 9.17) is 18.9 Å². The fraction of sp³-hybridized carbons (Fsp3) is 0.619. The summed E-state index contributed by atoms with van der Waals surface area (Å²) >= 11 is 0. The van der Waals surface area contributed by atoms with E-state index in [0.717, 1.165) is 44.0 Å². The van der Waals surface area contributed by atoms with Crippen molar-refractivity contribution >= 4 is 0 Å². The quantitative estimate of drug-likeness (QED) is 0.626. The fourth-order valence-electron chi connectivity index (χ4n) is 3.47. The van der Waals surface area contributed by atoms with Crippen LogP contribution in [0.4, 0.5) is 0 Å². The Morgan fingerprint density at radius 2 is 1.76 bits per heavy atom. The predicted octanol–water partition coefficient (Wildman–Crippen LogP) is 3.91. The lowest BCUT2D eigenvalue weighted by atomic mass is 9.68. The van der Waals surface area contributed by atoms with Gasteiger partial charge < -0.3 is 18.9 Å². The molecule has 0 aromatic carbocycles. The fourth-order valence-corrected chi connectivity index (χ4v) is 3.47. The van der Waals surface area contributed by atoms with E-state index in [1.807, 2.05) is 0 Å². The van der Waals surface area contributed by atoms with Gasteiger partial charge in [0.05, 0.1) is 19.0 Å². The molecule has 4 rings (SSSR count). The Balaban J connectivity index is 1.32. The third kappa shape index (κ3) is 4.36. The Morgan fingerprint density at radius 3 is 2.32 bits per heavy atom. The van der Waals surface area contributed by atoms with Crippen LogP contribution in [0.25, 0.3) is 0 Å². The largest absolute Gasteiger partial charge is 0.495 e. The van der Waals surface area contributed by atoms with Gasteiger partial charge in [-0.05, 0) is 42.4 Å². The molecule has 25 heavy (non-hydrogen) atoms. The molecule has 2 heterocycles. The standard InChI is InChI=1S/C21H28O4/c1-21(2,15-3-7-17(8-4-15)22-11-19-13-24-19)16-5-9-18(10-6-16)23-12-20-14-25-20/h3,5,7-9,15,19-20H,4,6,10-14H2,1-2H3. The molecule has 2 aliphatic heterocycles. The molecule has 0 radical (unpaired) electrons. The van der Waals surface area contributed by atoms with Crippen LogP contribution in [-0.4, -0.2) is 38.6 Å². The molecule has 0 amide bonds. The summed E-state index contributed by atoms with van der Waals surface area (Å²) in [5, 5.41) is 0. The molecule has 0 bridgehead atoms. The van der Waals surface area contributed by atoms with Crippen LogP contribution in [0.3, 0.4) is 0 Å². The first-order chi connectivity index (χ1) is 12.1. The molecule has 0 saturated carbocycles. The number of allylic oxidation sites excluding steroid dienone is 7. The van der Waals surface area contributed by atoms with E-state index in [0.29, 0.717) is 31.3 Å². The summed E-state index contributed by atoms with van der Waals surface area (Å²) in [4.78, 5) is 0. The molecular formula is C21H28O4. The lowest BCUT2D eigenvalue weighted by Crippen LogP contribution is -2.27. The van der Waals surface area contributed by atoms with E-state index in [1.165, 1.54) is 5.57 Å². The van der Waals surface area contributed by atoms with Crippen molar-refractivity contribution in [3.05, 3.63) is 47.5 Å². The average Bonchev–Trinajstić information content (AvgIpc) is 3.54. The first kappa shape index (κ1) is 16.9. The van der Waals surface area contributed by atoms with Crippen LogP contribution in [0.1, 0.15) is 33.1 Å². The molecule has 0 aromatic rings. The van der Waals surface area contributed by atoms with Gasteiger partial charge in [0.2, 0.25) is 0 Å². The lowest BCUT2D eigenvalue weighted by Gasteiger charge is -2.37. The van der Waals surface area contributed by atoms with Gasteiger partial charge in [-0.15, -0.1) is 0 Å². The molecule has 2 saturated heterocycles. The van der Waals surface area contributed by atoms with Crippen molar-refractivity contribution in [3.63, 3.8) is 0 Å². The number of hydrogen-bond acceptors (Lipinski definition) is 4. The van der Waals surface area contributed by atoms with Gasteiger partial charge in [0.15, 0.2) is 0 Å². The van der Waals surface area contributed by atoms with Crippen molar-refractivity contribution in [2.24, 2.45) is 11.3 Å². The summed E-state index contributed by atoms with van der Waals surface area (Å²) in [6.07, 6.45) is 14.8. The minimum absolute atomic E-state index is 0.139. The van der Waals surface area contributed by atoms with Crippen LogP contribution >= 0.6 is 0 Å². The zero-order valence-corrected chi connectivity index (χ0v) is 15.2. The Hall–Kier alpha value is -1.52. The average molecular weight is 344 g/mol. The number of rotatable bonds is 8. The maximum Gasteiger partial charge on any atom is 0.117 e. The highest BCUT2D eigenvalue weighted by molar-refractivity contribution is 5.30. The van der Waals surface area contributed by atoms with Gasteiger partial charge in [-0.1, -0.05) is 31.6 Å². The van der Waals surface area contributed by atoms with Crippen molar-refractivity contribution in [3.8, 4) is 0 Å². The highest BCUT2D eigenvalue weighted by Crippen LogP contribution is 2.43. The minimum atomic E-state index is 0.139. The maximum absolute atomic E-state index is 5.82. The van der Waals surface area contributed by atoms with Crippen LogP contribution in [0.15, 0.2) is 47.5 Å². The molecule has 0 aromatic heterocycles. The van der Waals surface area contributed by atoms with E-state index < -0.39 is 0 Å². The second-order valence-corrected chi connectivity index (χ2v) is 7.89. The van der Waals surface area contributed by atoms with Crippen LogP contribution < -0.4 is 0 Å². The van der Waals surface area contributed by atoms with E-state index in [1.54, 1.807) is 0 Å². The molecule has 2 aliphatic carbocycles. The molecule has 2 fully saturated rings. The molecule has 4 aliphatic rings. The first-order valence-corrected chi connectivity index (χ1v) is 9.38. The summed E-state index contributed by atoms with van der Waals surface area (Å²) in [7, 11) is 0. The van der Waals surface area contributed by atoms with Crippen molar-refractivity contribution in [1.82, 2.24) is 0 Å². The summed E-state index contributed by atoms with van der Waals surface area (Å²) in [6, 6.07) is 0. The van der Waals surface area contributed by atoms with E-state index >= 15 is 0 Å². The summed E-state index contributed by atoms with van der Waals surface area (Å²) in [5.41, 5.74) is 1.64. The van der Waals surface area contributed by atoms with Gasteiger partial charge >= 0.3 is 0 Å². The third-order valence-corrected chi connectivity index (χ3v) is 5.63.